The third kappa shape index (κ3) is 1.72. The predicted molar refractivity (Wildman–Crippen MR) is 75.9 cm³/mol. The van der Waals surface area contributed by atoms with E-state index in [1.54, 1.807) is 0 Å². The van der Waals surface area contributed by atoms with Crippen LogP contribution in [0, 0.1) is 35.5 Å². The van der Waals surface area contributed by atoms with Crippen molar-refractivity contribution in [1.82, 2.24) is 0 Å². The lowest BCUT2D eigenvalue weighted by molar-refractivity contribution is -0.192. The second kappa shape index (κ2) is 4.01. The molecule has 6 saturated carbocycles. The first-order valence-corrected chi connectivity index (χ1v) is 8.92. The maximum Gasteiger partial charge on any atom is 0.309 e. The van der Waals surface area contributed by atoms with Crippen LogP contribution in [0.15, 0.2) is 0 Å². The van der Waals surface area contributed by atoms with E-state index in [1.165, 1.54) is 57.8 Å². The average molecular weight is 274 g/mol. The van der Waals surface area contributed by atoms with Gasteiger partial charge in [-0.3, -0.25) is 4.79 Å². The Kier molecular flexibility index (Phi) is 2.42. The number of hydrogen-bond donors (Lipinski definition) is 0. The lowest BCUT2D eigenvalue weighted by Crippen LogP contribution is -2.53. The normalized spacial score (nSPS) is 55.4. The van der Waals surface area contributed by atoms with E-state index in [2.05, 4.69) is 0 Å². The molecule has 0 heterocycles. The minimum absolute atomic E-state index is 0.0202. The first kappa shape index (κ1) is 12.1. The van der Waals surface area contributed by atoms with E-state index >= 15 is 0 Å². The maximum atomic E-state index is 12.7. The highest BCUT2D eigenvalue weighted by Gasteiger charge is 2.54. The summed E-state index contributed by atoms with van der Waals surface area (Å²) >= 11 is 0. The maximum absolute atomic E-state index is 12.7. The second-order valence-corrected chi connectivity index (χ2v) is 8.80. The van der Waals surface area contributed by atoms with Gasteiger partial charge in [-0.05, 0) is 87.4 Å². The van der Waals surface area contributed by atoms with Gasteiger partial charge in [0.25, 0.3) is 0 Å². The Bertz CT molecular complexity index is 405. The van der Waals surface area contributed by atoms with Crippen LogP contribution < -0.4 is 0 Å². The molecule has 3 unspecified atom stereocenters. The predicted octanol–water partition coefficient (Wildman–Crippen LogP) is 3.93. The summed E-state index contributed by atoms with van der Waals surface area (Å²) in [4.78, 5) is 12.7. The molecular formula is C18H26O2. The van der Waals surface area contributed by atoms with Crippen molar-refractivity contribution in [3.05, 3.63) is 0 Å². The Balaban J connectivity index is 1.33. The molecule has 2 nitrogen and oxygen atoms in total. The van der Waals surface area contributed by atoms with Crippen LogP contribution in [-0.2, 0) is 9.53 Å². The van der Waals surface area contributed by atoms with Gasteiger partial charge >= 0.3 is 5.97 Å². The summed E-state index contributed by atoms with van der Waals surface area (Å²) in [6.45, 7) is 0. The molecule has 0 amide bonds. The number of fused-ring (bicyclic) bond motifs is 2. The van der Waals surface area contributed by atoms with Gasteiger partial charge in [0, 0.05) is 0 Å². The first-order valence-electron chi connectivity index (χ1n) is 8.92. The molecule has 110 valence electrons. The molecule has 0 radical (unpaired) electrons. The van der Waals surface area contributed by atoms with Crippen LogP contribution in [0.2, 0.25) is 0 Å². The quantitative estimate of drug-likeness (QED) is 0.713. The minimum atomic E-state index is -0.0202. The average Bonchev–Trinajstić information content (AvgIpc) is 2.98. The fourth-order valence-corrected chi connectivity index (χ4v) is 6.98. The Morgan fingerprint density at radius 2 is 1.45 bits per heavy atom. The Morgan fingerprint density at radius 1 is 0.800 bits per heavy atom. The molecule has 3 atom stereocenters. The molecule has 6 rings (SSSR count). The van der Waals surface area contributed by atoms with Crippen LogP contribution in [0.3, 0.4) is 0 Å². The monoisotopic (exact) mass is 274 g/mol. The van der Waals surface area contributed by atoms with E-state index in [1.807, 2.05) is 0 Å². The third-order valence-electron chi connectivity index (χ3n) is 7.34. The molecule has 6 bridgehead atoms. The van der Waals surface area contributed by atoms with Crippen LogP contribution in [0.5, 0.6) is 0 Å². The number of rotatable bonds is 2. The number of carbonyl (C=O) groups excluding carboxylic acids is 1. The van der Waals surface area contributed by atoms with Crippen molar-refractivity contribution in [2.45, 2.75) is 69.8 Å². The molecule has 6 fully saturated rings. The van der Waals surface area contributed by atoms with Crippen molar-refractivity contribution in [2.75, 3.05) is 0 Å². The van der Waals surface area contributed by atoms with Crippen LogP contribution in [0.1, 0.15) is 64.2 Å². The minimum Gasteiger partial charge on any atom is -0.459 e. The van der Waals surface area contributed by atoms with Crippen molar-refractivity contribution >= 4 is 5.97 Å². The summed E-state index contributed by atoms with van der Waals surface area (Å²) in [7, 11) is 0. The van der Waals surface area contributed by atoms with Crippen LogP contribution in [0.4, 0.5) is 0 Å². The van der Waals surface area contributed by atoms with Crippen LogP contribution in [-0.4, -0.2) is 11.6 Å². The van der Waals surface area contributed by atoms with Crippen LogP contribution >= 0.6 is 0 Å². The summed E-state index contributed by atoms with van der Waals surface area (Å²) in [5.41, 5.74) is -0.0202. The van der Waals surface area contributed by atoms with Gasteiger partial charge in [0.2, 0.25) is 0 Å². The molecule has 6 aliphatic carbocycles. The van der Waals surface area contributed by atoms with Gasteiger partial charge in [-0.15, -0.1) is 0 Å². The summed E-state index contributed by atoms with van der Waals surface area (Å²) < 4.78 is 6.25. The molecule has 20 heavy (non-hydrogen) atoms. The van der Waals surface area contributed by atoms with Gasteiger partial charge in [0.05, 0.1) is 5.92 Å². The highest BCUT2D eigenvalue weighted by molar-refractivity contribution is 5.74. The molecule has 6 aliphatic rings. The topological polar surface area (TPSA) is 26.3 Å². The van der Waals surface area contributed by atoms with Gasteiger partial charge in [-0.2, -0.15) is 0 Å². The summed E-state index contributed by atoms with van der Waals surface area (Å²) in [5, 5.41) is 0. The highest BCUT2D eigenvalue weighted by Crippen LogP contribution is 2.58. The summed E-state index contributed by atoms with van der Waals surface area (Å²) in [5.74, 6) is 4.58. The van der Waals surface area contributed by atoms with E-state index in [4.69, 9.17) is 4.74 Å². The first-order chi connectivity index (χ1) is 9.69. The zero-order valence-electron chi connectivity index (χ0n) is 12.4. The number of carbonyl (C=O) groups is 1. The third-order valence-corrected chi connectivity index (χ3v) is 7.34. The van der Waals surface area contributed by atoms with Crippen molar-refractivity contribution in [2.24, 2.45) is 35.5 Å². The number of esters is 1. The zero-order valence-corrected chi connectivity index (χ0v) is 12.4. The summed E-state index contributed by atoms with van der Waals surface area (Å²) in [6, 6.07) is 0. The van der Waals surface area contributed by atoms with Crippen molar-refractivity contribution < 1.29 is 9.53 Å². The molecule has 0 aromatic heterocycles. The number of ether oxygens (including phenoxy) is 1. The smallest absolute Gasteiger partial charge is 0.309 e. The van der Waals surface area contributed by atoms with Crippen molar-refractivity contribution in [1.29, 1.82) is 0 Å². The molecule has 0 aliphatic heterocycles. The SMILES string of the molecule is O=C(OC12CC3CC(CC(C3)C1)C2)C1CC2CCC1C2. The van der Waals surface area contributed by atoms with Crippen LogP contribution in [0.25, 0.3) is 0 Å². The van der Waals surface area contributed by atoms with E-state index in [0.29, 0.717) is 5.92 Å². The van der Waals surface area contributed by atoms with E-state index in [0.717, 1.165) is 30.1 Å². The molecule has 0 aromatic rings. The van der Waals surface area contributed by atoms with Crippen molar-refractivity contribution in [3.63, 3.8) is 0 Å². The molecule has 0 aromatic carbocycles. The molecule has 0 saturated heterocycles. The fourth-order valence-electron chi connectivity index (χ4n) is 6.98. The lowest BCUT2D eigenvalue weighted by atomic mass is 9.54. The zero-order chi connectivity index (χ0) is 13.3. The lowest BCUT2D eigenvalue weighted by Gasteiger charge is -2.56. The van der Waals surface area contributed by atoms with Gasteiger partial charge in [0.1, 0.15) is 5.60 Å². The Labute approximate surface area is 121 Å². The van der Waals surface area contributed by atoms with Crippen molar-refractivity contribution in [3.8, 4) is 0 Å². The van der Waals surface area contributed by atoms with Gasteiger partial charge < -0.3 is 4.74 Å². The fraction of sp³-hybridized carbons (Fsp3) is 0.944. The second-order valence-electron chi connectivity index (χ2n) is 8.80. The van der Waals surface area contributed by atoms with Gasteiger partial charge in [0.15, 0.2) is 0 Å². The molecule has 0 N–H and O–H groups in total. The highest BCUT2D eigenvalue weighted by atomic mass is 16.6. The van der Waals surface area contributed by atoms with E-state index < -0.39 is 0 Å². The Hall–Kier alpha value is -0.530. The molecule has 2 heteroatoms. The largest absolute Gasteiger partial charge is 0.459 e. The summed E-state index contributed by atoms with van der Waals surface area (Å²) in [6.07, 6.45) is 12.9. The number of hydrogen-bond acceptors (Lipinski definition) is 2. The van der Waals surface area contributed by atoms with Gasteiger partial charge in [-0.25, -0.2) is 0 Å². The molecule has 0 spiro atoms. The molecular weight excluding hydrogens is 248 g/mol. The van der Waals surface area contributed by atoms with Gasteiger partial charge in [-0.1, -0.05) is 6.42 Å². The van der Waals surface area contributed by atoms with E-state index in [9.17, 15) is 4.79 Å². The van der Waals surface area contributed by atoms with E-state index in [-0.39, 0.29) is 17.5 Å². The standard InChI is InChI=1S/C18H26O2/c19-17(16-7-11-1-2-15(16)6-11)20-18-8-12-3-13(9-18)5-14(4-12)10-18/h11-16H,1-10H2. The Morgan fingerprint density at radius 3 is 1.95 bits per heavy atom.